The third-order valence-corrected chi connectivity index (χ3v) is 5.46. The topological polar surface area (TPSA) is 70.2 Å². The van der Waals surface area contributed by atoms with Crippen LogP contribution in [-0.4, -0.2) is 25.4 Å². The van der Waals surface area contributed by atoms with E-state index < -0.39 is 0 Å². The van der Waals surface area contributed by atoms with Crippen LogP contribution in [0.15, 0.2) is 30.7 Å². The maximum absolute atomic E-state index is 4.26. The molecular weight excluding hydrogens is 322 g/mol. The van der Waals surface area contributed by atoms with E-state index in [0.29, 0.717) is 0 Å². The van der Waals surface area contributed by atoms with Crippen LogP contribution in [0.25, 0.3) is 0 Å². The number of aryl methyl sites for hydroxylation is 6. The third-order valence-electron chi connectivity index (χ3n) is 5.46. The Bertz CT molecular complexity index is 770. The van der Waals surface area contributed by atoms with Gasteiger partial charge in [0.25, 0.3) is 0 Å². The molecule has 0 aromatic carbocycles. The Kier molecular flexibility index (Phi) is 5.43. The molecule has 0 saturated carbocycles. The molecule has 3 aromatic rings. The molecule has 0 amide bonds. The third kappa shape index (κ3) is 4.03. The highest BCUT2D eigenvalue weighted by molar-refractivity contribution is 5.24. The van der Waals surface area contributed by atoms with Crippen molar-refractivity contribution in [1.82, 2.24) is 25.4 Å². The standard InChI is InChI=1S/C8H9N.C7H10N2.C6H8N2/c1-3-7-4-2-6-9-8(7)5-1;1-2-4-7-6(3-1)5-8-9-7;1-2-5-4-7-8-6(5)3-1/h2,4,6H,1,3,5H2;5H,1-4H2,(H,8,9);4H,1-3H2,(H,7,8). The van der Waals surface area contributed by atoms with Crippen LogP contribution in [0.2, 0.25) is 0 Å². The summed E-state index contributed by atoms with van der Waals surface area (Å²) in [7, 11) is 0. The second-order valence-corrected chi connectivity index (χ2v) is 7.27. The molecule has 2 N–H and O–H groups in total. The fourth-order valence-corrected chi connectivity index (χ4v) is 3.98. The molecule has 0 unspecified atom stereocenters. The van der Waals surface area contributed by atoms with Crippen molar-refractivity contribution in [2.75, 3.05) is 0 Å². The fourth-order valence-electron chi connectivity index (χ4n) is 3.98. The number of H-pyrrole nitrogens is 2. The van der Waals surface area contributed by atoms with Crippen molar-refractivity contribution in [3.8, 4) is 0 Å². The summed E-state index contributed by atoms with van der Waals surface area (Å²) in [5.41, 5.74) is 8.34. The van der Waals surface area contributed by atoms with Gasteiger partial charge < -0.3 is 0 Å². The van der Waals surface area contributed by atoms with Crippen LogP contribution in [0, 0.1) is 0 Å². The molecule has 0 spiro atoms. The van der Waals surface area contributed by atoms with Crippen molar-refractivity contribution in [2.45, 2.75) is 64.2 Å². The average Bonchev–Trinajstić information content (AvgIpc) is 3.46. The van der Waals surface area contributed by atoms with Gasteiger partial charge in [-0.2, -0.15) is 10.2 Å². The molecule has 0 aliphatic heterocycles. The van der Waals surface area contributed by atoms with E-state index in [1.807, 2.05) is 24.7 Å². The first kappa shape index (κ1) is 17.0. The Balaban J connectivity index is 0.0000000972. The first-order valence-corrected chi connectivity index (χ1v) is 9.85. The van der Waals surface area contributed by atoms with Crippen molar-refractivity contribution in [3.63, 3.8) is 0 Å². The van der Waals surface area contributed by atoms with Crippen molar-refractivity contribution in [2.24, 2.45) is 0 Å². The molecule has 0 fully saturated rings. The van der Waals surface area contributed by atoms with Gasteiger partial charge >= 0.3 is 0 Å². The van der Waals surface area contributed by atoms with Gasteiger partial charge in [-0.05, 0) is 87.0 Å². The zero-order valence-corrected chi connectivity index (χ0v) is 15.3. The highest BCUT2D eigenvalue weighted by atomic mass is 15.1. The van der Waals surface area contributed by atoms with E-state index in [-0.39, 0.29) is 0 Å². The first-order valence-electron chi connectivity index (χ1n) is 9.85. The van der Waals surface area contributed by atoms with Crippen molar-refractivity contribution >= 4 is 0 Å². The number of aromatic nitrogens is 5. The average molecular weight is 349 g/mol. The molecule has 26 heavy (non-hydrogen) atoms. The Morgan fingerprint density at radius 2 is 1.27 bits per heavy atom. The van der Waals surface area contributed by atoms with Gasteiger partial charge in [-0.15, -0.1) is 0 Å². The molecule has 3 aliphatic rings. The highest BCUT2D eigenvalue weighted by Crippen LogP contribution is 2.18. The predicted molar refractivity (Wildman–Crippen MR) is 102 cm³/mol. The van der Waals surface area contributed by atoms with Crippen LogP contribution in [0.4, 0.5) is 0 Å². The number of pyridine rings is 1. The van der Waals surface area contributed by atoms with Gasteiger partial charge in [0.05, 0.1) is 12.4 Å². The first-order chi connectivity index (χ1) is 12.9. The largest absolute Gasteiger partial charge is 0.282 e. The molecule has 136 valence electrons. The minimum absolute atomic E-state index is 1.19. The molecule has 0 radical (unpaired) electrons. The Morgan fingerprint density at radius 1 is 0.654 bits per heavy atom. The van der Waals surface area contributed by atoms with Crippen LogP contribution in [-0.2, 0) is 38.5 Å². The maximum atomic E-state index is 4.26. The summed E-state index contributed by atoms with van der Waals surface area (Å²) in [6, 6.07) is 4.19. The van der Waals surface area contributed by atoms with E-state index in [9.17, 15) is 0 Å². The lowest BCUT2D eigenvalue weighted by atomic mass is 9.99. The SMILES string of the molecule is c1cnc2c(c1)CCC2.c1n[nH]c2c1CCC2.c1n[nH]c2c1CCCC2. The summed E-state index contributed by atoms with van der Waals surface area (Å²) in [5, 5.41) is 13.9. The maximum Gasteiger partial charge on any atom is 0.0522 e. The van der Waals surface area contributed by atoms with Crippen LogP contribution in [0.3, 0.4) is 0 Å². The molecule has 3 heterocycles. The Hall–Kier alpha value is -2.43. The lowest BCUT2D eigenvalue weighted by Crippen LogP contribution is -1.99. The summed E-state index contributed by atoms with van der Waals surface area (Å²) < 4.78 is 0. The predicted octanol–water partition coefficient (Wildman–Crippen LogP) is 3.76. The highest BCUT2D eigenvalue weighted by Gasteiger charge is 2.11. The summed E-state index contributed by atoms with van der Waals surface area (Å²) in [5.74, 6) is 0. The zero-order valence-electron chi connectivity index (χ0n) is 15.3. The monoisotopic (exact) mass is 349 g/mol. The van der Waals surface area contributed by atoms with Crippen molar-refractivity contribution < 1.29 is 0 Å². The number of hydrogen-bond donors (Lipinski definition) is 2. The van der Waals surface area contributed by atoms with Gasteiger partial charge in [-0.25, -0.2) is 0 Å². The number of fused-ring (bicyclic) bond motifs is 3. The van der Waals surface area contributed by atoms with Gasteiger partial charge in [0.2, 0.25) is 0 Å². The Morgan fingerprint density at radius 3 is 2.00 bits per heavy atom. The number of hydrogen-bond acceptors (Lipinski definition) is 3. The van der Waals surface area contributed by atoms with E-state index in [0.717, 1.165) is 0 Å². The van der Waals surface area contributed by atoms with Crippen molar-refractivity contribution in [1.29, 1.82) is 0 Å². The summed E-state index contributed by atoms with van der Waals surface area (Å²) in [6.07, 6.45) is 18.3. The second-order valence-electron chi connectivity index (χ2n) is 7.27. The number of nitrogens with zero attached hydrogens (tertiary/aromatic N) is 3. The van der Waals surface area contributed by atoms with E-state index in [1.165, 1.54) is 98.0 Å². The summed E-state index contributed by atoms with van der Waals surface area (Å²) in [6.45, 7) is 0. The number of aromatic amines is 2. The number of rotatable bonds is 0. The normalized spacial score (nSPS) is 16.5. The second kappa shape index (κ2) is 8.30. The molecule has 0 atom stereocenters. The van der Waals surface area contributed by atoms with Crippen LogP contribution in [0.1, 0.15) is 59.5 Å². The van der Waals surface area contributed by atoms with E-state index in [4.69, 9.17) is 0 Å². The molecule has 6 rings (SSSR count). The van der Waals surface area contributed by atoms with E-state index in [2.05, 4.69) is 31.4 Å². The minimum Gasteiger partial charge on any atom is -0.282 e. The molecule has 3 aliphatic carbocycles. The molecule has 0 saturated heterocycles. The van der Waals surface area contributed by atoms with Crippen molar-refractivity contribution in [3.05, 3.63) is 64.5 Å². The van der Waals surface area contributed by atoms with E-state index in [1.54, 1.807) is 0 Å². The molecule has 0 bridgehead atoms. The van der Waals surface area contributed by atoms with Gasteiger partial charge in [0.1, 0.15) is 0 Å². The van der Waals surface area contributed by atoms with Crippen LogP contribution in [0.5, 0.6) is 0 Å². The Labute approximate surface area is 154 Å². The van der Waals surface area contributed by atoms with Crippen LogP contribution < -0.4 is 0 Å². The van der Waals surface area contributed by atoms with Crippen LogP contribution >= 0.6 is 0 Å². The van der Waals surface area contributed by atoms with Gasteiger partial charge in [0.15, 0.2) is 0 Å². The quantitative estimate of drug-likeness (QED) is 0.649. The zero-order chi connectivity index (χ0) is 17.6. The molecule has 5 heteroatoms. The minimum atomic E-state index is 1.19. The summed E-state index contributed by atoms with van der Waals surface area (Å²) in [4.78, 5) is 4.26. The summed E-state index contributed by atoms with van der Waals surface area (Å²) >= 11 is 0. The lowest BCUT2D eigenvalue weighted by molar-refractivity contribution is 0.675. The fraction of sp³-hybridized carbons (Fsp3) is 0.476. The number of nitrogens with one attached hydrogen (secondary N) is 2. The van der Waals surface area contributed by atoms with Gasteiger partial charge in [-0.1, -0.05) is 6.07 Å². The lowest BCUT2D eigenvalue weighted by Gasteiger charge is -2.07. The molecule has 5 nitrogen and oxygen atoms in total. The van der Waals surface area contributed by atoms with Gasteiger partial charge in [0, 0.05) is 23.3 Å². The molecule has 3 aromatic heterocycles. The van der Waals surface area contributed by atoms with E-state index >= 15 is 0 Å². The molecular formula is C21H27N5. The van der Waals surface area contributed by atoms with Gasteiger partial charge in [-0.3, -0.25) is 15.2 Å². The smallest absolute Gasteiger partial charge is 0.0522 e.